The fourth-order valence-electron chi connectivity index (χ4n) is 3.15. The van der Waals surface area contributed by atoms with E-state index in [9.17, 15) is 4.79 Å². The van der Waals surface area contributed by atoms with Crippen molar-refractivity contribution >= 4 is 5.78 Å². The molecule has 1 fully saturated rings. The second-order valence-corrected chi connectivity index (χ2v) is 4.31. The SMILES string of the molecule is NCC1=C[C@@H]2[C@H](C1=O)[C@@H]1C=C[C@H]2C1. The van der Waals surface area contributed by atoms with Gasteiger partial charge in [-0.2, -0.15) is 0 Å². The van der Waals surface area contributed by atoms with Gasteiger partial charge < -0.3 is 5.73 Å². The van der Waals surface area contributed by atoms with Crippen molar-refractivity contribution in [1.29, 1.82) is 0 Å². The first-order valence-corrected chi connectivity index (χ1v) is 4.94. The second-order valence-electron chi connectivity index (χ2n) is 4.31. The molecule has 0 heterocycles. The van der Waals surface area contributed by atoms with E-state index in [-0.39, 0.29) is 5.92 Å². The Morgan fingerprint density at radius 2 is 2.15 bits per heavy atom. The summed E-state index contributed by atoms with van der Waals surface area (Å²) in [6, 6.07) is 0. The summed E-state index contributed by atoms with van der Waals surface area (Å²) in [5, 5.41) is 0. The van der Waals surface area contributed by atoms with Crippen molar-refractivity contribution in [2.45, 2.75) is 6.42 Å². The predicted molar refractivity (Wildman–Crippen MR) is 49.9 cm³/mol. The summed E-state index contributed by atoms with van der Waals surface area (Å²) in [5.74, 6) is 2.21. The van der Waals surface area contributed by atoms with Crippen molar-refractivity contribution in [2.75, 3.05) is 6.54 Å². The maximum Gasteiger partial charge on any atom is 0.164 e. The van der Waals surface area contributed by atoms with Crippen molar-refractivity contribution in [1.82, 2.24) is 0 Å². The number of hydrogen-bond acceptors (Lipinski definition) is 2. The summed E-state index contributed by atoms with van der Waals surface area (Å²) in [7, 11) is 0. The predicted octanol–water partition coefficient (Wildman–Crippen LogP) is 0.893. The van der Waals surface area contributed by atoms with Gasteiger partial charge in [-0.3, -0.25) is 4.79 Å². The number of carbonyl (C=O) groups excluding carboxylic acids is 1. The highest BCUT2D eigenvalue weighted by Gasteiger charge is 2.50. The lowest BCUT2D eigenvalue weighted by atomic mass is 9.85. The highest BCUT2D eigenvalue weighted by atomic mass is 16.1. The fourth-order valence-corrected chi connectivity index (χ4v) is 3.15. The van der Waals surface area contributed by atoms with E-state index < -0.39 is 0 Å². The zero-order valence-corrected chi connectivity index (χ0v) is 7.44. The number of Topliss-reactive ketones (excluding diaryl/α,β-unsaturated/α-hetero) is 1. The van der Waals surface area contributed by atoms with Gasteiger partial charge in [-0.25, -0.2) is 0 Å². The minimum Gasteiger partial charge on any atom is -0.326 e. The molecule has 0 aromatic heterocycles. The van der Waals surface area contributed by atoms with E-state index >= 15 is 0 Å². The van der Waals surface area contributed by atoms with Crippen molar-refractivity contribution in [3.63, 3.8) is 0 Å². The van der Waals surface area contributed by atoms with Crippen LogP contribution in [0.1, 0.15) is 6.42 Å². The summed E-state index contributed by atoms with van der Waals surface area (Å²) in [4.78, 5) is 11.8. The topological polar surface area (TPSA) is 43.1 Å². The van der Waals surface area contributed by atoms with Crippen LogP contribution >= 0.6 is 0 Å². The van der Waals surface area contributed by atoms with Crippen molar-refractivity contribution < 1.29 is 4.79 Å². The third kappa shape index (κ3) is 0.792. The van der Waals surface area contributed by atoms with Gasteiger partial charge >= 0.3 is 0 Å². The van der Waals surface area contributed by atoms with Crippen LogP contribution in [0.2, 0.25) is 0 Å². The van der Waals surface area contributed by atoms with Gasteiger partial charge in [0.15, 0.2) is 5.78 Å². The van der Waals surface area contributed by atoms with E-state index in [1.165, 1.54) is 6.42 Å². The lowest BCUT2D eigenvalue weighted by Gasteiger charge is -2.17. The van der Waals surface area contributed by atoms with Crippen LogP contribution in [0.25, 0.3) is 0 Å². The van der Waals surface area contributed by atoms with Crippen molar-refractivity contribution in [2.24, 2.45) is 29.4 Å². The first-order valence-electron chi connectivity index (χ1n) is 4.94. The largest absolute Gasteiger partial charge is 0.326 e. The maximum atomic E-state index is 11.8. The summed E-state index contributed by atoms with van der Waals surface area (Å²) in [6.07, 6.45) is 7.81. The summed E-state index contributed by atoms with van der Waals surface area (Å²) < 4.78 is 0. The first kappa shape index (κ1) is 7.51. The molecule has 0 aromatic carbocycles. The number of carbonyl (C=O) groups is 1. The van der Waals surface area contributed by atoms with Crippen LogP contribution in [0.15, 0.2) is 23.8 Å². The minimum atomic E-state index is 0.258. The number of rotatable bonds is 1. The Morgan fingerprint density at radius 1 is 1.38 bits per heavy atom. The molecule has 2 nitrogen and oxygen atoms in total. The third-order valence-corrected chi connectivity index (χ3v) is 3.75. The molecular weight excluding hydrogens is 162 g/mol. The molecule has 1 saturated carbocycles. The average molecular weight is 175 g/mol. The summed E-state index contributed by atoms with van der Waals surface area (Å²) in [5.41, 5.74) is 6.40. The molecule has 3 rings (SSSR count). The number of fused-ring (bicyclic) bond motifs is 5. The highest BCUT2D eigenvalue weighted by Crippen LogP contribution is 2.52. The van der Waals surface area contributed by atoms with Gasteiger partial charge in [-0.15, -0.1) is 0 Å². The maximum absolute atomic E-state index is 11.8. The molecule has 68 valence electrons. The molecule has 3 aliphatic rings. The van der Waals surface area contributed by atoms with E-state index in [1.54, 1.807) is 0 Å². The molecule has 0 aliphatic heterocycles. The molecule has 13 heavy (non-hydrogen) atoms. The zero-order chi connectivity index (χ0) is 9.00. The monoisotopic (exact) mass is 175 g/mol. The number of ketones is 1. The first-order chi connectivity index (χ1) is 6.31. The number of nitrogens with two attached hydrogens (primary N) is 1. The number of hydrogen-bond donors (Lipinski definition) is 1. The van der Waals surface area contributed by atoms with Gasteiger partial charge in [0.25, 0.3) is 0 Å². The molecule has 4 atom stereocenters. The fraction of sp³-hybridized carbons (Fsp3) is 0.545. The van der Waals surface area contributed by atoms with E-state index in [4.69, 9.17) is 5.73 Å². The quantitative estimate of drug-likeness (QED) is 0.601. The Kier molecular flexibility index (Phi) is 1.34. The van der Waals surface area contributed by atoms with Crippen LogP contribution in [0, 0.1) is 23.7 Å². The van der Waals surface area contributed by atoms with Crippen LogP contribution in [0.4, 0.5) is 0 Å². The van der Waals surface area contributed by atoms with Gasteiger partial charge in [0.2, 0.25) is 0 Å². The Morgan fingerprint density at radius 3 is 2.85 bits per heavy atom. The second kappa shape index (κ2) is 2.32. The van der Waals surface area contributed by atoms with Crippen LogP contribution in [-0.2, 0) is 4.79 Å². The molecule has 0 radical (unpaired) electrons. The zero-order valence-electron chi connectivity index (χ0n) is 7.44. The smallest absolute Gasteiger partial charge is 0.164 e. The molecule has 3 aliphatic carbocycles. The molecule has 0 saturated heterocycles. The Labute approximate surface area is 77.5 Å². The normalized spacial score (nSPS) is 45.6. The van der Waals surface area contributed by atoms with Crippen LogP contribution in [0.5, 0.6) is 0 Å². The van der Waals surface area contributed by atoms with E-state index in [0.29, 0.717) is 30.1 Å². The highest BCUT2D eigenvalue weighted by molar-refractivity contribution is 6.01. The van der Waals surface area contributed by atoms with E-state index in [0.717, 1.165) is 5.57 Å². The molecule has 2 N–H and O–H groups in total. The summed E-state index contributed by atoms with van der Waals surface area (Å²) >= 11 is 0. The van der Waals surface area contributed by atoms with E-state index in [1.807, 2.05) is 0 Å². The Hall–Kier alpha value is -0.890. The van der Waals surface area contributed by atoms with Crippen LogP contribution < -0.4 is 5.73 Å². The van der Waals surface area contributed by atoms with Gasteiger partial charge in [-0.1, -0.05) is 18.2 Å². The number of allylic oxidation sites excluding steroid dienone is 3. The molecule has 0 unspecified atom stereocenters. The minimum absolute atomic E-state index is 0.258. The lowest BCUT2D eigenvalue weighted by Crippen LogP contribution is -2.22. The van der Waals surface area contributed by atoms with E-state index in [2.05, 4.69) is 18.2 Å². The van der Waals surface area contributed by atoms with Gasteiger partial charge in [0.1, 0.15) is 0 Å². The average Bonchev–Trinajstić information content (AvgIpc) is 2.76. The molecule has 2 heteroatoms. The lowest BCUT2D eigenvalue weighted by molar-refractivity contribution is -0.119. The van der Waals surface area contributed by atoms with Gasteiger partial charge in [0.05, 0.1) is 0 Å². The summed E-state index contributed by atoms with van der Waals surface area (Å²) in [6.45, 7) is 0.422. The van der Waals surface area contributed by atoms with Crippen LogP contribution in [-0.4, -0.2) is 12.3 Å². The molecule has 0 spiro atoms. The molecule has 0 amide bonds. The molecular formula is C11H13NO. The third-order valence-electron chi connectivity index (χ3n) is 3.75. The van der Waals surface area contributed by atoms with Gasteiger partial charge in [0, 0.05) is 18.0 Å². The molecule has 0 aromatic rings. The van der Waals surface area contributed by atoms with Crippen molar-refractivity contribution in [3.8, 4) is 0 Å². The van der Waals surface area contributed by atoms with Crippen LogP contribution in [0.3, 0.4) is 0 Å². The van der Waals surface area contributed by atoms with Crippen molar-refractivity contribution in [3.05, 3.63) is 23.8 Å². The molecule has 2 bridgehead atoms. The standard InChI is InChI=1S/C11H13NO/c12-5-8-4-9-6-1-2-7(3-6)10(9)11(8)13/h1-2,4,6-7,9-10H,3,5,12H2/t6-,7+,9-,10+/m0/s1. The Balaban J connectivity index is 2.00. The van der Waals surface area contributed by atoms with Gasteiger partial charge in [-0.05, 0) is 24.2 Å². The Bertz CT molecular complexity index is 329.